The highest BCUT2D eigenvalue weighted by molar-refractivity contribution is 5.77. The van der Waals surface area contributed by atoms with Gasteiger partial charge in [0.15, 0.2) is 0 Å². The average Bonchev–Trinajstić information content (AvgIpc) is 2.32. The van der Waals surface area contributed by atoms with Crippen LogP contribution in [0.2, 0.25) is 0 Å². The van der Waals surface area contributed by atoms with Crippen molar-refractivity contribution >= 4 is 5.57 Å². The van der Waals surface area contributed by atoms with E-state index >= 15 is 0 Å². The first-order chi connectivity index (χ1) is 7.77. The lowest BCUT2D eigenvalue weighted by Crippen LogP contribution is -1.92. The molecule has 0 bridgehead atoms. The Morgan fingerprint density at radius 3 is 2.11 bits per heavy atom. The number of hydrogen-bond acceptors (Lipinski definition) is 0. The molecule has 0 fully saturated rings. The maximum absolute atomic E-state index is 2.34. The first-order valence-corrected chi connectivity index (χ1v) is 6.21. The second kappa shape index (κ2) is 9.70. The van der Waals surface area contributed by atoms with Gasteiger partial charge in [0, 0.05) is 0 Å². The molecule has 18 heavy (non-hydrogen) atoms. The summed E-state index contributed by atoms with van der Waals surface area (Å²) in [5, 5.41) is 0. The van der Waals surface area contributed by atoms with Crippen molar-refractivity contribution in [2.45, 2.75) is 55.4 Å². The summed E-state index contributed by atoms with van der Waals surface area (Å²) in [6.45, 7) is 8.39. The summed E-state index contributed by atoms with van der Waals surface area (Å²) in [5.41, 5.74) is 5.63. The molecule has 0 N–H and O–H groups in total. The fourth-order valence-electron chi connectivity index (χ4n) is 1.94. The van der Waals surface area contributed by atoms with Gasteiger partial charge in [-0.25, -0.2) is 0 Å². The largest absolute Gasteiger partial charge is 0.0776 e. The zero-order valence-corrected chi connectivity index (χ0v) is 10.9. The highest BCUT2D eigenvalue weighted by atomic mass is 14.1. The minimum absolute atomic E-state index is 0. The molecule has 0 spiro atoms. The van der Waals surface area contributed by atoms with Gasteiger partial charge >= 0.3 is 0 Å². The fraction of sp³-hybridized carbons (Fsp3) is 0.444. The van der Waals surface area contributed by atoms with Crippen LogP contribution in [0.4, 0.5) is 0 Å². The lowest BCUT2D eigenvalue weighted by molar-refractivity contribution is 0.965. The molecule has 1 aliphatic rings. The van der Waals surface area contributed by atoms with Crippen LogP contribution in [0.3, 0.4) is 0 Å². The maximum atomic E-state index is 2.34. The zero-order chi connectivity index (χ0) is 12.0. The summed E-state index contributed by atoms with van der Waals surface area (Å²) in [6, 6.07) is 8.59. The Kier molecular flexibility index (Phi) is 10.3. The summed E-state index contributed by atoms with van der Waals surface area (Å²) in [7, 11) is 0. The minimum atomic E-state index is 0. The SMILES string of the molecule is C.C.CC.CC1=CC(c2ccccc2C)=CCC1. The molecule has 0 aromatic heterocycles. The summed E-state index contributed by atoms with van der Waals surface area (Å²) in [5.74, 6) is 0. The Bertz CT molecular complexity index is 394. The van der Waals surface area contributed by atoms with Crippen LogP contribution in [0.1, 0.15) is 59.6 Å². The van der Waals surface area contributed by atoms with Crippen molar-refractivity contribution in [3.8, 4) is 0 Å². The fourth-order valence-corrected chi connectivity index (χ4v) is 1.94. The molecule has 0 radical (unpaired) electrons. The van der Waals surface area contributed by atoms with E-state index in [0.717, 1.165) is 0 Å². The molecule has 2 rings (SSSR count). The van der Waals surface area contributed by atoms with E-state index in [1.807, 2.05) is 13.8 Å². The van der Waals surface area contributed by atoms with Gasteiger partial charge < -0.3 is 0 Å². The molecule has 0 saturated carbocycles. The Morgan fingerprint density at radius 2 is 1.56 bits per heavy atom. The number of rotatable bonds is 1. The van der Waals surface area contributed by atoms with Gasteiger partial charge in [-0.1, -0.05) is 70.7 Å². The van der Waals surface area contributed by atoms with E-state index in [-0.39, 0.29) is 14.9 Å². The van der Waals surface area contributed by atoms with Crippen LogP contribution < -0.4 is 0 Å². The van der Waals surface area contributed by atoms with Crippen molar-refractivity contribution in [3.05, 3.63) is 53.1 Å². The van der Waals surface area contributed by atoms with Crippen molar-refractivity contribution in [1.29, 1.82) is 0 Å². The van der Waals surface area contributed by atoms with Gasteiger partial charge in [-0.05, 0) is 43.4 Å². The molecule has 0 nitrogen and oxygen atoms in total. The third-order valence-electron chi connectivity index (χ3n) is 2.76. The minimum Gasteiger partial charge on any atom is -0.0776 e. The lowest BCUT2D eigenvalue weighted by atomic mass is 9.93. The molecule has 0 amide bonds. The monoisotopic (exact) mass is 246 g/mol. The molecular weight excluding hydrogens is 216 g/mol. The van der Waals surface area contributed by atoms with Gasteiger partial charge in [0.25, 0.3) is 0 Å². The highest BCUT2D eigenvalue weighted by Crippen LogP contribution is 2.26. The Labute approximate surface area is 114 Å². The third kappa shape index (κ3) is 4.91. The predicted octanol–water partition coefficient (Wildman–Crippen LogP) is 6.42. The molecule has 0 unspecified atom stereocenters. The van der Waals surface area contributed by atoms with Crippen LogP contribution in [0.25, 0.3) is 5.57 Å². The molecule has 1 aromatic carbocycles. The van der Waals surface area contributed by atoms with Crippen LogP contribution in [0, 0.1) is 6.92 Å². The molecule has 0 saturated heterocycles. The summed E-state index contributed by atoms with van der Waals surface area (Å²) < 4.78 is 0. The average molecular weight is 246 g/mol. The van der Waals surface area contributed by atoms with E-state index in [4.69, 9.17) is 0 Å². The number of allylic oxidation sites excluding steroid dienone is 4. The van der Waals surface area contributed by atoms with E-state index in [9.17, 15) is 0 Å². The molecule has 0 atom stereocenters. The first-order valence-electron chi connectivity index (χ1n) is 6.21. The summed E-state index contributed by atoms with van der Waals surface area (Å²) >= 11 is 0. The van der Waals surface area contributed by atoms with E-state index in [1.54, 1.807) is 0 Å². The Hall–Kier alpha value is -1.30. The predicted molar refractivity (Wildman–Crippen MR) is 87.0 cm³/mol. The number of aryl methyl sites for hydroxylation is 1. The van der Waals surface area contributed by atoms with Crippen LogP contribution in [-0.4, -0.2) is 0 Å². The van der Waals surface area contributed by atoms with E-state index < -0.39 is 0 Å². The van der Waals surface area contributed by atoms with Gasteiger partial charge in [-0.15, -0.1) is 0 Å². The maximum Gasteiger partial charge on any atom is -0.0158 e. The van der Waals surface area contributed by atoms with Crippen molar-refractivity contribution in [3.63, 3.8) is 0 Å². The van der Waals surface area contributed by atoms with Crippen LogP contribution in [-0.2, 0) is 0 Å². The highest BCUT2D eigenvalue weighted by Gasteiger charge is 2.05. The standard InChI is InChI=1S/C14H16.C2H6.2CH4/c1-11-6-5-8-13(10-11)14-9-4-3-7-12(14)2;1-2;;/h3-4,7-10H,5-6H2,1-2H3;1-2H3;2*1H4. The molecule has 0 aliphatic heterocycles. The van der Waals surface area contributed by atoms with Crippen molar-refractivity contribution in [2.75, 3.05) is 0 Å². The van der Waals surface area contributed by atoms with Gasteiger partial charge in [-0.2, -0.15) is 0 Å². The summed E-state index contributed by atoms with van der Waals surface area (Å²) in [6.07, 6.45) is 7.06. The third-order valence-corrected chi connectivity index (χ3v) is 2.76. The van der Waals surface area contributed by atoms with Gasteiger partial charge in [0.2, 0.25) is 0 Å². The van der Waals surface area contributed by atoms with Crippen molar-refractivity contribution in [2.24, 2.45) is 0 Å². The Balaban J connectivity index is 0. The van der Waals surface area contributed by atoms with Gasteiger partial charge in [0.05, 0.1) is 0 Å². The van der Waals surface area contributed by atoms with Crippen LogP contribution in [0.15, 0.2) is 42.0 Å². The van der Waals surface area contributed by atoms with E-state index in [2.05, 4.69) is 50.3 Å². The molecule has 0 heteroatoms. The van der Waals surface area contributed by atoms with Crippen LogP contribution >= 0.6 is 0 Å². The molecule has 1 aromatic rings. The summed E-state index contributed by atoms with van der Waals surface area (Å²) in [4.78, 5) is 0. The molecular formula is C18H30. The van der Waals surface area contributed by atoms with Crippen molar-refractivity contribution < 1.29 is 0 Å². The molecule has 0 heterocycles. The quantitative estimate of drug-likeness (QED) is 0.536. The normalized spacial score (nSPS) is 12.9. The topological polar surface area (TPSA) is 0 Å². The Morgan fingerprint density at radius 1 is 0.944 bits per heavy atom. The van der Waals surface area contributed by atoms with Gasteiger partial charge in [0.1, 0.15) is 0 Å². The van der Waals surface area contributed by atoms with Crippen molar-refractivity contribution in [1.82, 2.24) is 0 Å². The smallest absolute Gasteiger partial charge is 0.0158 e. The number of hydrogen-bond donors (Lipinski definition) is 0. The van der Waals surface area contributed by atoms with Gasteiger partial charge in [-0.3, -0.25) is 0 Å². The second-order valence-electron chi connectivity index (χ2n) is 4.00. The van der Waals surface area contributed by atoms with Crippen LogP contribution in [0.5, 0.6) is 0 Å². The molecule has 1 aliphatic carbocycles. The lowest BCUT2D eigenvalue weighted by Gasteiger charge is -2.12. The first kappa shape index (κ1) is 19.0. The van der Waals surface area contributed by atoms with E-state index in [0.29, 0.717) is 0 Å². The number of benzene rings is 1. The second-order valence-corrected chi connectivity index (χ2v) is 4.00. The zero-order valence-electron chi connectivity index (χ0n) is 10.9. The van der Waals surface area contributed by atoms with E-state index in [1.165, 1.54) is 35.1 Å². The molecule has 102 valence electrons.